The normalized spacial score (nSPS) is 11.4. The van der Waals surface area contributed by atoms with Crippen molar-refractivity contribution in [2.24, 2.45) is 5.41 Å². The zero-order valence-electron chi connectivity index (χ0n) is 11.1. The van der Waals surface area contributed by atoms with E-state index in [1.165, 1.54) is 6.07 Å². The van der Waals surface area contributed by atoms with E-state index in [-0.39, 0.29) is 5.75 Å². The number of rotatable bonds is 7. The van der Waals surface area contributed by atoms with E-state index in [2.05, 4.69) is 0 Å². The SMILES string of the molecule is CC(C)(CCCCOc1ccc(F)c(F)c1)C(=O)O. The zero-order valence-corrected chi connectivity index (χ0v) is 11.1. The molecule has 0 fully saturated rings. The summed E-state index contributed by atoms with van der Waals surface area (Å²) in [5, 5.41) is 8.92. The van der Waals surface area contributed by atoms with Crippen molar-refractivity contribution in [2.75, 3.05) is 6.61 Å². The first kappa shape index (κ1) is 15.4. The van der Waals surface area contributed by atoms with Gasteiger partial charge in [-0.1, -0.05) is 0 Å². The topological polar surface area (TPSA) is 46.5 Å². The van der Waals surface area contributed by atoms with Gasteiger partial charge in [0.25, 0.3) is 0 Å². The van der Waals surface area contributed by atoms with Crippen molar-refractivity contribution in [3.05, 3.63) is 29.8 Å². The minimum atomic E-state index is -0.940. The molecule has 19 heavy (non-hydrogen) atoms. The van der Waals surface area contributed by atoms with Gasteiger partial charge in [-0.05, 0) is 45.2 Å². The maximum Gasteiger partial charge on any atom is 0.309 e. The fraction of sp³-hybridized carbons (Fsp3) is 0.500. The average molecular weight is 272 g/mol. The standard InChI is InChI=1S/C14H18F2O3/c1-14(2,13(17)18)7-3-4-8-19-10-5-6-11(15)12(16)9-10/h5-6,9H,3-4,7-8H2,1-2H3,(H,17,18). The molecule has 0 aromatic heterocycles. The van der Waals surface area contributed by atoms with E-state index in [4.69, 9.17) is 9.84 Å². The summed E-state index contributed by atoms with van der Waals surface area (Å²) < 4.78 is 30.8. The van der Waals surface area contributed by atoms with Crippen LogP contribution >= 0.6 is 0 Å². The number of hydrogen-bond donors (Lipinski definition) is 1. The number of benzene rings is 1. The summed E-state index contributed by atoms with van der Waals surface area (Å²) in [5.41, 5.74) is -0.748. The third kappa shape index (κ3) is 4.85. The minimum absolute atomic E-state index is 0.274. The monoisotopic (exact) mass is 272 g/mol. The quantitative estimate of drug-likeness (QED) is 0.771. The van der Waals surface area contributed by atoms with Crippen LogP contribution in [0.4, 0.5) is 8.78 Å². The van der Waals surface area contributed by atoms with Crippen molar-refractivity contribution in [3.63, 3.8) is 0 Å². The lowest BCUT2D eigenvalue weighted by molar-refractivity contribution is -0.147. The molecule has 0 amide bonds. The Morgan fingerprint density at radius 3 is 2.53 bits per heavy atom. The molecule has 0 atom stereocenters. The molecule has 1 N–H and O–H groups in total. The van der Waals surface area contributed by atoms with E-state index in [0.717, 1.165) is 12.1 Å². The largest absolute Gasteiger partial charge is 0.493 e. The zero-order chi connectivity index (χ0) is 14.5. The lowest BCUT2D eigenvalue weighted by atomic mass is 9.87. The van der Waals surface area contributed by atoms with Crippen LogP contribution in [0.3, 0.4) is 0 Å². The van der Waals surface area contributed by atoms with Crippen molar-refractivity contribution < 1.29 is 23.4 Å². The number of aliphatic carboxylic acids is 1. The highest BCUT2D eigenvalue weighted by Gasteiger charge is 2.25. The van der Waals surface area contributed by atoms with Gasteiger partial charge in [-0.25, -0.2) is 8.78 Å². The number of carbonyl (C=O) groups is 1. The van der Waals surface area contributed by atoms with E-state index >= 15 is 0 Å². The summed E-state index contributed by atoms with van der Waals surface area (Å²) in [6.45, 7) is 3.69. The van der Waals surface area contributed by atoms with Crippen LogP contribution in [0.2, 0.25) is 0 Å². The average Bonchev–Trinajstić information content (AvgIpc) is 2.33. The number of ether oxygens (including phenoxy) is 1. The second-order valence-corrected chi connectivity index (χ2v) is 5.07. The van der Waals surface area contributed by atoms with Gasteiger partial charge in [-0.2, -0.15) is 0 Å². The molecule has 1 aromatic carbocycles. The maximum atomic E-state index is 12.9. The van der Waals surface area contributed by atoms with E-state index in [0.29, 0.717) is 25.9 Å². The number of hydrogen-bond acceptors (Lipinski definition) is 2. The highest BCUT2D eigenvalue weighted by atomic mass is 19.2. The number of unbranched alkanes of at least 4 members (excludes halogenated alkanes) is 1. The van der Waals surface area contributed by atoms with Gasteiger partial charge in [0.05, 0.1) is 12.0 Å². The second kappa shape index (κ2) is 6.50. The molecule has 0 radical (unpaired) electrons. The van der Waals surface area contributed by atoms with Crippen LogP contribution in [0, 0.1) is 17.0 Å². The summed E-state index contributed by atoms with van der Waals surface area (Å²) in [7, 11) is 0. The third-order valence-electron chi connectivity index (χ3n) is 2.93. The summed E-state index contributed by atoms with van der Waals surface area (Å²) in [6.07, 6.45) is 1.90. The van der Waals surface area contributed by atoms with E-state index in [9.17, 15) is 13.6 Å². The Kier molecular flexibility index (Phi) is 5.27. The Morgan fingerprint density at radius 1 is 1.26 bits per heavy atom. The first-order chi connectivity index (χ1) is 8.83. The van der Waals surface area contributed by atoms with Gasteiger partial charge < -0.3 is 9.84 Å². The smallest absolute Gasteiger partial charge is 0.309 e. The van der Waals surface area contributed by atoms with Crippen LogP contribution in [0.25, 0.3) is 0 Å². The first-order valence-electron chi connectivity index (χ1n) is 6.14. The fourth-order valence-corrected chi connectivity index (χ4v) is 1.53. The predicted molar refractivity (Wildman–Crippen MR) is 67.1 cm³/mol. The summed E-state index contributed by atoms with van der Waals surface area (Å²) in [5.74, 6) is -2.40. The molecule has 1 aromatic rings. The maximum absolute atomic E-state index is 12.9. The highest BCUT2D eigenvalue weighted by Crippen LogP contribution is 2.23. The van der Waals surface area contributed by atoms with Crippen LogP contribution in [0.15, 0.2) is 18.2 Å². The molecule has 0 aliphatic carbocycles. The molecule has 0 aliphatic heterocycles. The van der Waals surface area contributed by atoms with E-state index in [1.54, 1.807) is 13.8 Å². The van der Waals surface area contributed by atoms with Gasteiger partial charge in [0, 0.05) is 6.07 Å². The summed E-state index contributed by atoms with van der Waals surface area (Å²) in [4.78, 5) is 10.9. The Bertz CT molecular complexity index is 444. The number of carboxylic acid groups (broad SMARTS) is 1. The van der Waals surface area contributed by atoms with Gasteiger partial charge in [-0.3, -0.25) is 4.79 Å². The molecule has 0 spiro atoms. The van der Waals surface area contributed by atoms with Crippen LogP contribution in [0.5, 0.6) is 5.75 Å². The molecule has 1 rings (SSSR count). The van der Waals surface area contributed by atoms with Gasteiger partial charge >= 0.3 is 5.97 Å². The van der Waals surface area contributed by atoms with Crippen LogP contribution in [-0.2, 0) is 4.79 Å². The summed E-state index contributed by atoms with van der Waals surface area (Å²) in [6, 6.07) is 3.37. The van der Waals surface area contributed by atoms with Crippen LogP contribution in [-0.4, -0.2) is 17.7 Å². The highest BCUT2D eigenvalue weighted by molar-refractivity contribution is 5.73. The predicted octanol–water partition coefficient (Wildman–Crippen LogP) is 3.62. The Labute approximate surface area is 111 Å². The number of carboxylic acids is 1. The Hall–Kier alpha value is -1.65. The van der Waals surface area contributed by atoms with Gasteiger partial charge in [0.1, 0.15) is 5.75 Å². The van der Waals surface area contributed by atoms with Gasteiger partial charge in [0.2, 0.25) is 0 Å². The molecule has 0 heterocycles. The molecule has 0 saturated carbocycles. The molecule has 3 nitrogen and oxygen atoms in total. The van der Waals surface area contributed by atoms with Crippen molar-refractivity contribution in [2.45, 2.75) is 33.1 Å². The van der Waals surface area contributed by atoms with Gasteiger partial charge in [0.15, 0.2) is 11.6 Å². The van der Waals surface area contributed by atoms with Crippen molar-refractivity contribution in [1.82, 2.24) is 0 Å². The molecule has 0 saturated heterocycles. The molecule has 0 bridgehead atoms. The lowest BCUT2D eigenvalue weighted by Gasteiger charge is -2.18. The van der Waals surface area contributed by atoms with Crippen LogP contribution < -0.4 is 4.74 Å². The van der Waals surface area contributed by atoms with Gasteiger partial charge in [-0.15, -0.1) is 0 Å². The Balaban J connectivity index is 2.28. The molecule has 106 valence electrons. The Morgan fingerprint density at radius 2 is 1.95 bits per heavy atom. The third-order valence-corrected chi connectivity index (χ3v) is 2.93. The fourth-order valence-electron chi connectivity index (χ4n) is 1.53. The van der Waals surface area contributed by atoms with Crippen LogP contribution in [0.1, 0.15) is 33.1 Å². The molecule has 0 unspecified atom stereocenters. The van der Waals surface area contributed by atoms with Crippen molar-refractivity contribution >= 4 is 5.97 Å². The van der Waals surface area contributed by atoms with E-state index in [1.807, 2.05) is 0 Å². The number of halogens is 2. The van der Waals surface area contributed by atoms with Crippen molar-refractivity contribution in [1.29, 1.82) is 0 Å². The molecular weight excluding hydrogens is 254 g/mol. The minimum Gasteiger partial charge on any atom is -0.493 e. The summed E-state index contributed by atoms with van der Waals surface area (Å²) >= 11 is 0. The lowest BCUT2D eigenvalue weighted by Crippen LogP contribution is -2.23. The molecule has 5 heteroatoms. The molecular formula is C14H18F2O3. The molecule has 0 aliphatic rings. The van der Waals surface area contributed by atoms with E-state index < -0.39 is 23.0 Å². The first-order valence-corrected chi connectivity index (χ1v) is 6.14. The second-order valence-electron chi connectivity index (χ2n) is 5.07. The van der Waals surface area contributed by atoms with Crippen molar-refractivity contribution in [3.8, 4) is 5.75 Å².